The van der Waals surface area contributed by atoms with E-state index in [2.05, 4.69) is 30.7 Å². The van der Waals surface area contributed by atoms with Gasteiger partial charge in [0.2, 0.25) is 0 Å². The van der Waals surface area contributed by atoms with Crippen LogP contribution in [0.15, 0.2) is 18.3 Å². The molecule has 1 N–H and O–H groups in total. The number of piperidine rings is 1. The highest BCUT2D eigenvalue weighted by Gasteiger charge is 2.29. The molecule has 3 nitrogen and oxygen atoms in total. The Bertz CT molecular complexity index is 415. The Labute approximate surface area is 116 Å². The van der Waals surface area contributed by atoms with Gasteiger partial charge in [0.1, 0.15) is 5.82 Å². The largest absolute Gasteiger partial charge is 0.389 e. The van der Waals surface area contributed by atoms with Gasteiger partial charge in [0.15, 0.2) is 0 Å². The van der Waals surface area contributed by atoms with Gasteiger partial charge < -0.3 is 10.0 Å². The second-order valence-electron chi connectivity index (χ2n) is 6.72. The van der Waals surface area contributed by atoms with Crippen LogP contribution in [0.1, 0.15) is 52.2 Å². The van der Waals surface area contributed by atoms with E-state index in [1.54, 1.807) is 0 Å². The predicted octanol–water partition coefficient (Wildman–Crippen LogP) is 3.40. The SMILES string of the molecule is C[C@@H](O)c1cccnc1N1CCC(C(C)(C)C)CC1. The summed E-state index contributed by atoms with van der Waals surface area (Å²) >= 11 is 0. The minimum absolute atomic E-state index is 0.392. The second-order valence-corrected chi connectivity index (χ2v) is 6.72. The molecule has 0 unspecified atom stereocenters. The normalized spacial score (nSPS) is 19.5. The molecule has 1 aliphatic heterocycles. The van der Waals surface area contributed by atoms with Crippen LogP contribution in [0.3, 0.4) is 0 Å². The van der Waals surface area contributed by atoms with E-state index in [-0.39, 0.29) is 0 Å². The van der Waals surface area contributed by atoms with E-state index in [0.29, 0.717) is 5.41 Å². The third-order valence-electron chi connectivity index (χ3n) is 4.29. The zero-order valence-electron chi connectivity index (χ0n) is 12.6. The molecule has 0 radical (unpaired) electrons. The fourth-order valence-electron chi connectivity index (χ4n) is 2.96. The summed E-state index contributed by atoms with van der Waals surface area (Å²) in [4.78, 5) is 6.80. The summed E-state index contributed by atoms with van der Waals surface area (Å²) in [5, 5.41) is 9.85. The van der Waals surface area contributed by atoms with Crippen molar-refractivity contribution in [2.24, 2.45) is 11.3 Å². The number of aromatic nitrogens is 1. The third-order valence-corrected chi connectivity index (χ3v) is 4.29. The van der Waals surface area contributed by atoms with Gasteiger partial charge in [0.05, 0.1) is 6.10 Å². The van der Waals surface area contributed by atoms with Crippen molar-refractivity contribution in [2.75, 3.05) is 18.0 Å². The standard InChI is InChI=1S/C16H26N2O/c1-12(19)14-6-5-9-17-15(14)18-10-7-13(8-11-18)16(2,3)4/h5-6,9,12-13,19H,7-8,10-11H2,1-4H3/t12-/m1/s1. The van der Waals surface area contributed by atoms with E-state index in [1.165, 1.54) is 12.8 Å². The molecule has 3 heteroatoms. The fraction of sp³-hybridized carbons (Fsp3) is 0.688. The summed E-state index contributed by atoms with van der Waals surface area (Å²) in [6.45, 7) is 10.9. The van der Waals surface area contributed by atoms with Crippen molar-refractivity contribution in [1.29, 1.82) is 0 Å². The van der Waals surface area contributed by atoms with E-state index >= 15 is 0 Å². The average Bonchev–Trinajstić information content (AvgIpc) is 2.38. The Morgan fingerprint density at radius 1 is 1.32 bits per heavy atom. The summed E-state index contributed by atoms with van der Waals surface area (Å²) in [7, 11) is 0. The lowest BCUT2D eigenvalue weighted by Crippen LogP contribution is -2.39. The van der Waals surface area contributed by atoms with Crippen molar-refractivity contribution in [2.45, 2.75) is 46.6 Å². The van der Waals surface area contributed by atoms with Gasteiger partial charge in [-0.3, -0.25) is 0 Å². The molecule has 0 bridgehead atoms. The average molecular weight is 262 g/mol. The van der Waals surface area contributed by atoms with Crippen molar-refractivity contribution in [3.63, 3.8) is 0 Å². The van der Waals surface area contributed by atoms with Crippen LogP contribution < -0.4 is 4.90 Å². The Morgan fingerprint density at radius 2 is 1.95 bits per heavy atom. The Morgan fingerprint density at radius 3 is 2.47 bits per heavy atom. The second kappa shape index (κ2) is 5.49. The first-order valence-corrected chi connectivity index (χ1v) is 7.27. The molecule has 0 aliphatic carbocycles. The van der Waals surface area contributed by atoms with E-state index in [0.717, 1.165) is 30.4 Å². The summed E-state index contributed by atoms with van der Waals surface area (Å²) in [6, 6.07) is 3.87. The van der Waals surface area contributed by atoms with Crippen LogP contribution in [0.25, 0.3) is 0 Å². The summed E-state index contributed by atoms with van der Waals surface area (Å²) < 4.78 is 0. The molecule has 19 heavy (non-hydrogen) atoms. The zero-order valence-corrected chi connectivity index (χ0v) is 12.6. The maximum Gasteiger partial charge on any atom is 0.134 e. The smallest absolute Gasteiger partial charge is 0.134 e. The van der Waals surface area contributed by atoms with Gasteiger partial charge >= 0.3 is 0 Å². The molecule has 106 valence electrons. The molecule has 1 atom stereocenters. The lowest BCUT2D eigenvalue weighted by atomic mass is 9.75. The number of nitrogens with zero attached hydrogens (tertiary/aromatic N) is 2. The van der Waals surface area contributed by atoms with Crippen molar-refractivity contribution in [1.82, 2.24) is 4.98 Å². The zero-order chi connectivity index (χ0) is 14.0. The van der Waals surface area contributed by atoms with Crippen LogP contribution in [-0.2, 0) is 0 Å². The highest BCUT2D eigenvalue weighted by Crippen LogP contribution is 2.36. The third kappa shape index (κ3) is 3.27. The van der Waals surface area contributed by atoms with Gasteiger partial charge in [-0.2, -0.15) is 0 Å². The van der Waals surface area contributed by atoms with Crippen LogP contribution in [0.4, 0.5) is 5.82 Å². The molecule has 0 saturated carbocycles. The van der Waals surface area contributed by atoms with Crippen molar-refractivity contribution < 1.29 is 5.11 Å². The van der Waals surface area contributed by atoms with E-state index in [9.17, 15) is 5.11 Å². The summed E-state index contributed by atoms with van der Waals surface area (Å²) in [5.41, 5.74) is 1.33. The number of hydrogen-bond acceptors (Lipinski definition) is 3. The number of aliphatic hydroxyl groups excluding tert-OH is 1. The number of hydrogen-bond donors (Lipinski definition) is 1. The van der Waals surface area contributed by atoms with Gasteiger partial charge in [-0.15, -0.1) is 0 Å². The Hall–Kier alpha value is -1.09. The molecule has 1 aromatic rings. The number of aliphatic hydroxyl groups is 1. The van der Waals surface area contributed by atoms with Crippen LogP contribution in [0.5, 0.6) is 0 Å². The topological polar surface area (TPSA) is 36.4 Å². The molecule has 0 amide bonds. The molecule has 0 aromatic carbocycles. The van der Waals surface area contributed by atoms with Gasteiger partial charge in [-0.25, -0.2) is 4.98 Å². The predicted molar refractivity (Wildman–Crippen MR) is 79.3 cm³/mol. The van der Waals surface area contributed by atoms with Crippen molar-refractivity contribution >= 4 is 5.82 Å². The van der Waals surface area contributed by atoms with Gasteiger partial charge in [0, 0.05) is 24.8 Å². The summed E-state index contributed by atoms with van der Waals surface area (Å²) in [6.07, 6.45) is 3.78. The molecule has 0 spiro atoms. The minimum Gasteiger partial charge on any atom is -0.389 e. The lowest BCUT2D eigenvalue weighted by molar-refractivity contribution is 0.192. The molecule has 1 saturated heterocycles. The van der Waals surface area contributed by atoms with Crippen LogP contribution in [0, 0.1) is 11.3 Å². The van der Waals surface area contributed by atoms with E-state index < -0.39 is 6.10 Å². The van der Waals surface area contributed by atoms with E-state index in [1.807, 2.05) is 25.3 Å². The van der Waals surface area contributed by atoms with Gasteiger partial charge in [-0.1, -0.05) is 26.8 Å². The Kier molecular flexibility index (Phi) is 4.14. The number of pyridine rings is 1. The van der Waals surface area contributed by atoms with E-state index in [4.69, 9.17) is 0 Å². The minimum atomic E-state index is -0.455. The molecule has 2 heterocycles. The highest BCUT2D eigenvalue weighted by atomic mass is 16.3. The van der Waals surface area contributed by atoms with Gasteiger partial charge in [-0.05, 0) is 37.2 Å². The van der Waals surface area contributed by atoms with Crippen LogP contribution >= 0.6 is 0 Å². The molecule has 1 aromatic heterocycles. The molecular formula is C16H26N2O. The first-order valence-electron chi connectivity index (χ1n) is 7.27. The highest BCUT2D eigenvalue weighted by molar-refractivity contribution is 5.48. The van der Waals surface area contributed by atoms with Crippen molar-refractivity contribution in [3.8, 4) is 0 Å². The van der Waals surface area contributed by atoms with Crippen LogP contribution in [-0.4, -0.2) is 23.2 Å². The molecule has 1 aliphatic rings. The molecule has 2 rings (SSSR count). The molecule has 1 fully saturated rings. The lowest BCUT2D eigenvalue weighted by Gasteiger charge is -2.39. The quantitative estimate of drug-likeness (QED) is 0.887. The fourth-order valence-corrected chi connectivity index (χ4v) is 2.96. The number of anilines is 1. The first kappa shape index (κ1) is 14.3. The number of rotatable bonds is 2. The van der Waals surface area contributed by atoms with Gasteiger partial charge in [0.25, 0.3) is 0 Å². The van der Waals surface area contributed by atoms with Crippen molar-refractivity contribution in [3.05, 3.63) is 23.9 Å². The monoisotopic (exact) mass is 262 g/mol. The Balaban J connectivity index is 2.10. The van der Waals surface area contributed by atoms with Crippen LogP contribution in [0.2, 0.25) is 0 Å². The summed E-state index contributed by atoms with van der Waals surface area (Å²) in [5.74, 6) is 1.74. The first-order chi connectivity index (χ1) is 8.89. The molecular weight excluding hydrogens is 236 g/mol. The maximum atomic E-state index is 9.85. The maximum absolute atomic E-state index is 9.85.